The number of amides is 2. The molecule has 1 rings (SSSR count). The van der Waals surface area contributed by atoms with Crippen LogP contribution in [0.25, 0.3) is 0 Å². The Morgan fingerprint density at radius 3 is 2.61 bits per heavy atom. The van der Waals surface area contributed by atoms with Gasteiger partial charge in [0.1, 0.15) is 18.0 Å². The topological polar surface area (TPSA) is 104 Å². The number of nitrogens with zero attached hydrogens (tertiary/aromatic N) is 1. The quantitative estimate of drug-likeness (QED) is 0.743. The summed E-state index contributed by atoms with van der Waals surface area (Å²) < 4.78 is 4.60. The number of aromatic nitrogens is 1. The molecule has 0 aliphatic heterocycles. The Morgan fingerprint density at radius 2 is 2.17 bits per heavy atom. The molecule has 7 nitrogen and oxygen atoms in total. The maximum atomic E-state index is 11.6. The van der Waals surface area contributed by atoms with Crippen LogP contribution in [-0.2, 0) is 11.3 Å². The Labute approximate surface area is 105 Å². The molecule has 100 valence electrons. The van der Waals surface area contributed by atoms with Crippen molar-refractivity contribution in [2.75, 3.05) is 0 Å². The van der Waals surface area contributed by atoms with Gasteiger partial charge >= 0.3 is 12.0 Å². The molecule has 0 aliphatic carbocycles. The van der Waals surface area contributed by atoms with Crippen LogP contribution in [0.1, 0.15) is 26.5 Å². The zero-order chi connectivity index (χ0) is 13.8. The summed E-state index contributed by atoms with van der Waals surface area (Å²) in [6.07, 6.45) is 1.39. The smallest absolute Gasteiger partial charge is 0.326 e. The third-order valence-electron chi connectivity index (χ3n) is 2.31. The molecule has 1 aromatic heterocycles. The maximum absolute atomic E-state index is 11.6. The van der Waals surface area contributed by atoms with E-state index in [1.165, 1.54) is 6.26 Å². The Hall–Kier alpha value is -2.05. The third-order valence-corrected chi connectivity index (χ3v) is 2.31. The Bertz CT molecular complexity index is 408. The van der Waals surface area contributed by atoms with Crippen LogP contribution in [0.2, 0.25) is 0 Å². The molecule has 3 N–H and O–H groups in total. The van der Waals surface area contributed by atoms with Crippen LogP contribution in [0.4, 0.5) is 4.79 Å². The summed E-state index contributed by atoms with van der Waals surface area (Å²) in [5.74, 6) is -1.07. The number of urea groups is 1. The maximum Gasteiger partial charge on any atom is 0.326 e. The first kappa shape index (κ1) is 14.0. The van der Waals surface area contributed by atoms with Crippen LogP contribution in [0.3, 0.4) is 0 Å². The molecule has 0 bridgehead atoms. The lowest BCUT2D eigenvalue weighted by atomic mass is 9.87. The normalized spacial score (nSPS) is 12.8. The number of aliphatic carboxylic acids is 1. The number of carboxylic acids is 1. The van der Waals surface area contributed by atoms with Gasteiger partial charge in [-0.25, -0.2) is 9.59 Å². The fraction of sp³-hybridized carbons (Fsp3) is 0.545. The summed E-state index contributed by atoms with van der Waals surface area (Å²) in [6, 6.07) is 0.0914. The van der Waals surface area contributed by atoms with Crippen molar-refractivity contribution < 1.29 is 19.2 Å². The molecule has 0 aliphatic rings. The Morgan fingerprint density at radius 1 is 1.50 bits per heavy atom. The van der Waals surface area contributed by atoms with Gasteiger partial charge in [-0.1, -0.05) is 25.9 Å². The molecule has 0 spiro atoms. The molecular weight excluding hydrogens is 238 g/mol. The summed E-state index contributed by atoms with van der Waals surface area (Å²) >= 11 is 0. The predicted molar refractivity (Wildman–Crippen MR) is 62.8 cm³/mol. The monoisotopic (exact) mass is 255 g/mol. The van der Waals surface area contributed by atoms with Crippen LogP contribution in [0, 0.1) is 5.41 Å². The highest BCUT2D eigenvalue weighted by Gasteiger charge is 2.32. The molecule has 1 heterocycles. The molecule has 18 heavy (non-hydrogen) atoms. The van der Waals surface area contributed by atoms with Gasteiger partial charge in [0, 0.05) is 6.07 Å². The van der Waals surface area contributed by atoms with E-state index in [4.69, 9.17) is 5.11 Å². The van der Waals surface area contributed by atoms with Crippen LogP contribution >= 0.6 is 0 Å². The van der Waals surface area contributed by atoms with E-state index in [9.17, 15) is 9.59 Å². The SMILES string of the molecule is CC(C)(C)[C@H](NC(=O)NCc1ccon1)C(=O)O. The highest BCUT2D eigenvalue weighted by Crippen LogP contribution is 2.19. The minimum atomic E-state index is -1.07. The van der Waals surface area contributed by atoms with Crippen LogP contribution < -0.4 is 10.6 Å². The number of carboxylic acid groups (broad SMARTS) is 1. The standard InChI is InChI=1S/C11H17N3O4/c1-11(2,3)8(9(15)16)13-10(17)12-6-7-4-5-18-14-7/h4-5,8H,6H2,1-3H3,(H,15,16)(H2,12,13,17)/t8-/m1/s1. The average molecular weight is 255 g/mol. The minimum absolute atomic E-state index is 0.179. The lowest BCUT2D eigenvalue weighted by Crippen LogP contribution is -2.52. The van der Waals surface area contributed by atoms with E-state index in [1.54, 1.807) is 26.8 Å². The van der Waals surface area contributed by atoms with E-state index in [0.29, 0.717) is 5.69 Å². The Kier molecular flexibility index (Phi) is 4.30. The van der Waals surface area contributed by atoms with Crippen molar-refractivity contribution in [2.45, 2.75) is 33.4 Å². The van der Waals surface area contributed by atoms with E-state index >= 15 is 0 Å². The molecule has 0 fully saturated rings. The summed E-state index contributed by atoms with van der Waals surface area (Å²) in [6.45, 7) is 5.40. The van der Waals surface area contributed by atoms with Crippen LogP contribution in [0.15, 0.2) is 16.9 Å². The average Bonchev–Trinajstić information content (AvgIpc) is 2.73. The number of rotatable bonds is 4. The van der Waals surface area contributed by atoms with E-state index in [0.717, 1.165) is 0 Å². The molecule has 1 aromatic rings. The summed E-state index contributed by atoms with van der Waals surface area (Å²) in [5.41, 5.74) is -0.00959. The predicted octanol–water partition coefficient (Wildman–Crippen LogP) is 0.973. The first-order valence-corrected chi connectivity index (χ1v) is 5.47. The van der Waals surface area contributed by atoms with E-state index in [-0.39, 0.29) is 6.54 Å². The lowest BCUT2D eigenvalue weighted by Gasteiger charge is -2.27. The van der Waals surface area contributed by atoms with Crippen LogP contribution in [0.5, 0.6) is 0 Å². The van der Waals surface area contributed by atoms with E-state index in [2.05, 4.69) is 20.3 Å². The van der Waals surface area contributed by atoms with Gasteiger partial charge in [0.05, 0.1) is 6.54 Å². The van der Waals surface area contributed by atoms with E-state index < -0.39 is 23.5 Å². The number of hydrogen-bond donors (Lipinski definition) is 3. The van der Waals surface area contributed by atoms with Crippen molar-refractivity contribution in [3.05, 3.63) is 18.0 Å². The molecular formula is C11H17N3O4. The summed E-state index contributed by atoms with van der Waals surface area (Å²) in [5, 5.41) is 17.6. The van der Waals surface area contributed by atoms with Gasteiger partial charge in [0.15, 0.2) is 0 Å². The largest absolute Gasteiger partial charge is 0.480 e. The molecule has 7 heteroatoms. The fourth-order valence-electron chi connectivity index (χ4n) is 1.33. The third kappa shape index (κ3) is 4.08. The van der Waals surface area contributed by atoms with Gasteiger partial charge in [-0.3, -0.25) is 0 Å². The molecule has 0 radical (unpaired) electrons. The van der Waals surface area contributed by atoms with Crippen molar-refractivity contribution in [2.24, 2.45) is 5.41 Å². The van der Waals surface area contributed by atoms with Gasteiger partial charge in [-0.15, -0.1) is 0 Å². The second-order valence-electron chi connectivity index (χ2n) is 4.96. The van der Waals surface area contributed by atoms with Gasteiger partial charge in [-0.05, 0) is 5.41 Å². The number of carbonyl (C=O) groups is 2. The molecule has 0 saturated heterocycles. The van der Waals surface area contributed by atoms with Gasteiger partial charge < -0.3 is 20.3 Å². The first-order chi connectivity index (χ1) is 8.30. The van der Waals surface area contributed by atoms with Crippen molar-refractivity contribution in [1.82, 2.24) is 15.8 Å². The Balaban J connectivity index is 2.49. The minimum Gasteiger partial charge on any atom is -0.480 e. The van der Waals surface area contributed by atoms with Crippen LogP contribution in [-0.4, -0.2) is 28.3 Å². The summed E-state index contributed by atoms with van der Waals surface area (Å²) in [4.78, 5) is 22.6. The molecule has 0 unspecified atom stereocenters. The van der Waals surface area contributed by atoms with Crippen molar-refractivity contribution in [3.8, 4) is 0 Å². The van der Waals surface area contributed by atoms with Crippen molar-refractivity contribution in [3.63, 3.8) is 0 Å². The highest BCUT2D eigenvalue weighted by molar-refractivity contribution is 5.83. The second-order valence-corrected chi connectivity index (χ2v) is 4.96. The lowest BCUT2D eigenvalue weighted by molar-refractivity contribution is -0.141. The fourth-order valence-corrected chi connectivity index (χ4v) is 1.33. The number of nitrogens with one attached hydrogen (secondary N) is 2. The highest BCUT2D eigenvalue weighted by atomic mass is 16.5. The summed E-state index contributed by atoms with van der Waals surface area (Å²) in [7, 11) is 0. The van der Waals surface area contributed by atoms with Crippen molar-refractivity contribution in [1.29, 1.82) is 0 Å². The molecule has 0 aromatic carbocycles. The zero-order valence-corrected chi connectivity index (χ0v) is 10.6. The number of hydrogen-bond acceptors (Lipinski definition) is 4. The van der Waals surface area contributed by atoms with Gasteiger partial charge in [0.25, 0.3) is 0 Å². The van der Waals surface area contributed by atoms with E-state index in [1.807, 2.05) is 0 Å². The van der Waals surface area contributed by atoms with Crippen molar-refractivity contribution >= 4 is 12.0 Å². The zero-order valence-electron chi connectivity index (χ0n) is 10.6. The van der Waals surface area contributed by atoms with Gasteiger partial charge in [0.2, 0.25) is 0 Å². The van der Waals surface area contributed by atoms with Gasteiger partial charge in [-0.2, -0.15) is 0 Å². The molecule has 0 saturated carbocycles. The number of carbonyl (C=O) groups excluding carboxylic acids is 1. The molecule has 2 amide bonds. The second kappa shape index (κ2) is 5.52. The molecule has 1 atom stereocenters. The first-order valence-electron chi connectivity index (χ1n) is 5.47.